The summed E-state index contributed by atoms with van der Waals surface area (Å²) >= 11 is 0. The van der Waals surface area contributed by atoms with Crippen LogP contribution < -0.4 is 5.32 Å². The quantitative estimate of drug-likeness (QED) is 0.921. The van der Waals surface area contributed by atoms with Crippen molar-refractivity contribution in [3.63, 3.8) is 0 Å². The fraction of sp³-hybridized carbons (Fsp3) is 0.529. The average Bonchev–Trinajstić information content (AvgIpc) is 2.84. The monoisotopic (exact) mass is 318 g/mol. The van der Waals surface area contributed by atoms with Crippen molar-refractivity contribution < 1.29 is 9.53 Å². The average molecular weight is 318 g/mol. The van der Waals surface area contributed by atoms with E-state index in [0.717, 1.165) is 17.9 Å². The van der Waals surface area contributed by atoms with Crippen LogP contribution in [0.15, 0.2) is 30.6 Å². The molecule has 126 valence electrons. The lowest BCUT2D eigenvalue weighted by molar-refractivity contribution is 0.0512. The molecule has 2 aromatic heterocycles. The van der Waals surface area contributed by atoms with Gasteiger partial charge in [-0.25, -0.2) is 9.78 Å². The van der Waals surface area contributed by atoms with Crippen LogP contribution in [0.5, 0.6) is 0 Å². The summed E-state index contributed by atoms with van der Waals surface area (Å²) in [5.41, 5.74) is 1.47. The second-order valence-corrected chi connectivity index (χ2v) is 6.85. The number of rotatable bonds is 5. The van der Waals surface area contributed by atoms with Gasteiger partial charge in [0.05, 0.1) is 5.69 Å². The van der Waals surface area contributed by atoms with Crippen molar-refractivity contribution in [1.82, 2.24) is 19.6 Å². The number of hydrogen-bond acceptors (Lipinski definition) is 4. The molecule has 0 saturated carbocycles. The SMILES string of the molecule is C[C@@H](CNC(=O)OC(C)(C)C)N(C)Cc1cn2ccccc2n1. The van der Waals surface area contributed by atoms with Gasteiger partial charge in [-0.05, 0) is 46.9 Å². The second kappa shape index (κ2) is 7.00. The number of carbonyl (C=O) groups excluding carboxylic acids is 1. The van der Waals surface area contributed by atoms with Gasteiger partial charge in [0.1, 0.15) is 11.2 Å². The van der Waals surface area contributed by atoms with Crippen LogP contribution >= 0.6 is 0 Å². The van der Waals surface area contributed by atoms with Crippen molar-refractivity contribution in [2.45, 2.75) is 45.9 Å². The standard InChI is InChI=1S/C17H26N4O2/c1-13(10-18-16(22)23-17(2,3)4)20(5)11-14-12-21-9-7-6-8-15(21)19-14/h6-9,12-13H,10-11H2,1-5H3,(H,18,22)/t13-/m0/s1. The summed E-state index contributed by atoms with van der Waals surface area (Å²) in [4.78, 5) is 18.4. The second-order valence-electron chi connectivity index (χ2n) is 6.85. The minimum absolute atomic E-state index is 0.173. The molecule has 0 radical (unpaired) electrons. The van der Waals surface area contributed by atoms with Crippen molar-refractivity contribution in [3.05, 3.63) is 36.3 Å². The van der Waals surface area contributed by atoms with E-state index < -0.39 is 5.60 Å². The molecule has 2 heterocycles. The van der Waals surface area contributed by atoms with Crippen LogP contribution in [0.2, 0.25) is 0 Å². The first-order chi connectivity index (χ1) is 10.7. The number of pyridine rings is 1. The maximum atomic E-state index is 11.7. The first kappa shape index (κ1) is 17.3. The highest BCUT2D eigenvalue weighted by Gasteiger charge is 2.18. The van der Waals surface area contributed by atoms with Crippen LogP contribution in [-0.2, 0) is 11.3 Å². The van der Waals surface area contributed by atoms with E-state index in [2.05, 4.69) is 22.1 Å². The minimum Gasteiger partial charge on any atom is -0.444 e. The number of likely N-dealkylation sites (N-methyl/N-ethyl adjacent to an activating group) is 1. The molecule has 6 heteroatoms. The molecular formula is C17H26N4O2. The van der Waals surface area contributed by atoms with Gasteiger partial charge in [-0.3, -0.25) is 4.90 Å². The van der Waals surface area contributed by atoms with Crippen molar-refractivity contribution in [3.8, 4) is 0 Å². The minimum atomic E-state index is -0.476. The number of ether oxygens (including phenoxy) is 1. The summed E-state index contributed by atoms with van der Waals surface area (Å²) in [6.07, 6.45) is 3.63. The van der Waals surface area contributed by atoms with E-state index in [1.807, 2.05) is 62.8 Å². The number of hydrogen-bond donors (Lipinski definition) is 1. The van der Waals surface area contributed by atoms with E-state index in [4.69, 9.17) is 4.74 Å². The third-order valence-corrected chi connectivity index (χ3v) is 3.52. The highest BCUT2D eigenvalue weighted by Crippen LogP contribution is 2.09. The fourth-order valence-corrected chi connectivity index (χ4v) is 2.18. The van der Waals surface area contributed by atoms with Crippen LogP contribution in [-0.4, -0.2) is 45.6 Å². The first-order valence-electron chi connectivity index (χ1n) is 7.84. The van der Waals surface area contributed by atoms with E-state index in [-0.39, 0.29) is 12.1 Å². The summed E-state index contributed by atoms with van der Waals surface area (Å²) in [7, 11) is 2.02. The van der Waals surface area contributed by atoms with Crippen molar-refractivity contribution in [2.75, 3.05) is 13.6 Å². The van der Waals surface area contributed by atoms with Crippen LogP contribution in [0.3, 0.4) is 0 Å². The number of aromatic nitrogens is 2. The number of imidazole rings is 1. The molecule has 0 aliphatic carbocycles. The zero-order chi connectivity index (χ0) is 17.0. The Hall–Kier alpha value is -2.08. The first-order valence-corrected chi connectivity index (χ1v) is 7.84. The fourth-order valence-electron chi connectivity index (χ4n) is 2.18. The lowest BCUT2D eigenvalue weighted by atomic mass is 10.2. The maximum Gasteiger partial charge on any atom is 0.407 e. The van der Waals surface area contributed by atoms with Gasteiger partial charge in [0.25, 0.3) is 0 Å². The Balaban J connectivity index is 1.85. The van der Waals surface area contributed by atoms with Gasteiger partial charge in [-0.2, -0.15) is 0 Å². The van der Waals surface area contributed by atoms with Crippen molar-refractivity contribution in [1.29, 1.82) is 0 Å². The van der Waals surface area contributed by atoms with Crippen molar-refractivity contribution >= 4 is 11.7 Å². The number of amides is 1. The van der Waals surface area contributed by atoms with Gasteiger partial charge in [-0.15, -0.1) is 0 Å². The van der Waals surface area contributed by atoms with Gasteiger partial charge in [0.2, 0.25) is 0 Å². The molecule has 0 bridgehead atoms. The molecule has 0 aliphatic rings. The molecule has 0 aliphatic heterocycles. The molecule has 0 aromatic carbocycles. The zero-order valence-corrected chi connectivity index (χ0v) is 14.5. The van der Waals surface area contributed by atoms with Crippen molar-refractivity contribution in [2.24, 2.45) is 0 Å². The zero-order valence-electron chi connectivity index (χ0n) is 14.5. The number of alkyl carbamates (subject to hydrolysis) is 1. The van der Waals surface area contributed by atoms with E-state index in [1.54, 1.807) is 0 Å². The Labute approximate surface area is 137 Å². The summed E-state index contributed by atoms with van der Waals surface area (Å²) in [6.45, 7) is 8.87. The molecule has 0 saturated heterocycles. The summed E-state index contributed by atoms with van der Waals surface area (Å²) in [5, 5.41) is 2.80. The van der Waals surface area contributed by atoms with Crippen LogP contribution in [0.1, 0.15) is 33.4 Å². The summed E-state index contributed by atoms with van der Waals surface area (Å²) < 4.78 is 7.25. The number of nitrogens with one attached hydrogen (secondary N) is 1. The number of fused-ring (bicyclic) bond motifs is 1. The predicted octanol–water partition coefficient (Wildman–Crippen LogP) is 2.68. The van der Waals surface area contributed by atoms with E-state index in [0.29, 0.717) is 6.54 Å². The van der Waals surface area contributed by atoms with Gasteiger partial charge in [0.15, 0.2) is 0 Å². The van der Waals surface area contributed by atoms with Gasteiger partial charge >= 0.3 is 6.09 Å². The molecule has 0 spiro atoms. The summed E-state index contributed by atoms with van der Waals surface area (Å²) in [6, 6.07) is 6.11. The molecule has 1 atom stereocenters. The lowest BCUT2D eigenvalue weighted by Gasteiger charge is -2.25. The topological polar surface area (TPSA) is 58.9 Å². The Bertz CT molecular complexity index is 627. The van der Waals surface area contributed by atoms with Gasteiger partial charge in [-0.1, -0.05) is 6.07 Å². The smallest absolute Gasteiger partial charge is 0.407 e. The molecule has 6 nitrogen and oxygen atoms in total. The normalized spacial score (nSPS) is 13.3. The number of carbonyl (C=O) groups is 1. The van der Waals surface area contributed by atoms with E-state index >= 15 is 0 Å². The Morgan fingerprint density at radius 2 is 2.17 bits per heavy atom. The highest BCUT2D eigenvalue weighted by atomic mass is 16.6. The lowest BCUT2D eigenvalue weighted by Crippen LogP contribution is -2.41. The van der Waals surface area contributed by atoms with E-state index in [1.165, 1.54) is 0 Å². The Kier molecular flexibility index (Phi) is 5.26. The predicted molar refractivity (Wildman–Crippen MR) is 90.4 cm³/mol. The molecule has 1 N–H and O–H groups in total. The third kappa shape index (κ3) is 5.25. The molecule has 0 unspecified atom stereocenters. The van der Waals surface area contributed by atoms with Gasteiger partial charge in [0, 0.05) is 31.5 Å². The molecule has 2 aromatic rings. The Morgan fingerprint density at radius 3 is 2.83 bits per heavy atom. The maximum absolute atomic E-state index is 11.7. The summed E-state index contributed by atoms with van der Waals surface area (Å²) in [5.74, 6) is 0. The van der Waals surface area contributed by atoms with Gasteiger partial charge < -0.3 is 14.5 Å². The van der Waals surface area contributed by atoms with Crippen LogP contribution in [0.25, 0.3) is 5.65 Å². The largest absolute Gasteiger partial charge is 0.444 e. The van der Waals surface area contributed by atoms with Crippen LogP contribution in [0.4, 0.5) is 4.79 Å². The van der Waals surface area contributed by atoms with Crippen LogP contribution in [0, 0.1) is 0 Å². The number of nitrogens with zero attached hydrogens (tertiary/aromatic N) is 3. The molecular weight excluding hydrogens is 292 g/mol. The highest BCUT2D eigenvalue weighted by molar-refractivity contribution is 5.67. The van der Waals surface area contributed by atoms with E-state index in [9.17, 15) is 4.79 Å². The molecule has 2 rings (SSSR count). The molecule has 0 fully saturated rings. The third-order valence-electron chi connectivity index (χ3n) is 3.52. The Morgan fingerprint density at radius 1 is 1.43 bits per heavy atom. The molecule has 1 amide bonds. The molecule has 23 heavy (non-hydrogen) atoms.